The Hall–Kier alpha value is -2.85. The van der Waals surface area contributed by atoms with E-state index in [1.54, 1.807) is 25.1 Å². The minimum atomic E-state index is -3.41. The molecule has 2 heterocycles. The van der Waals surface area contributed by atoms with E-state index in [1.165, 1.54) is 21.7 Å². The van der Waals surface area contributed by atoms with Crippen molar-refractivity contribution in [2.75, 3.05) is 15.9 Å². The van der Waals surface area contributed by atoms with Crippen LogP contribution in [0.5, 0.6) is 0 Å². The molecule has 4 rings (SSSR count). The van der Waals surface area contributed by atoms with Crippen molar-refractivity contribution in [3.8, 4) is 11.3 Å². The van der Waals surface area contributed by atoms with E-state index in [-0.39, 0.29) is 11.9 Å². The molecule has 0 saturated carbocycles. The molecule has 3 aromatic rings. The summed E-state index contributed by atoms with van der Waals surface area (Å²) in [5.74, 6) is -2.30. The monoisotopic (exact) mass is 463 g/mol. The van der Waals surface area contributed by atoms with E-state index in [1.807, 2.05) is 6.92 Å². The Bertz CT molecular complexity index is 1310. The number of hydrogen-bond donors (Lipinski definition) is 1. The largest absolute Gasteiger partial charge is 0.298 e. The summed E-state index contributed by atoms with van der Waals surface area (Å²) in [6.45, 7) is 3.60. The topological polar surface area (TPSA) is 79.4 Å². The third-order valence-corrected chi connectivity index (χ3v) is 7.22. The summed E-state index contributed by atoms with van der Waals surface area (Å²) in [5, 5.41) is 3.06. The molecule has 1 aliphatic heterocycles. The summed E-state index contributed by atoms with van der Waals surface area (Å²) < 4.78 is 52.2. The van der Waals surface area contributed by atoms with Gasteiger partial charge in [-0.25, -0.2) is 22.2 Å². The number of benzene rings is 2. The summed E-state index contributed by atoms with van der Waals surface area (Å²) >= 11 is 1.23. The van der Waals surface area contributed by atoms with Gasteiger partial charge in [0.1, 0.15) is 0 Å². The Morgan fingerprint density at radius 1 is 1.19 bits per heavy atom. The first kappa shape index (κ1) is 21.4. The zero-order valence-electron chi connectivity index (χ0n) is 16.9. The number of aryl methyl sites for hydroxylation is 1. The summed E-state index contributed by atoms with van der Waals surface area (Å²) in [5.41, 5.74) is 2.62. The van der Waals surface area contributed by atoms with Crippen LogP contribution in [-0.2, 0) is 16.4 Å². The van der Waals surface area contributed by atoms with Crippen LogP contribution in [0.15, 0.2) is 36.4 Å². The van der Waals surface area contributed by atoms with Crippen molar-refractivity contribution >= 4 is 38.1 Å². The normalized spacial score (nSPS) is 15.8. The standard InChI is InChI=1S/C21H19F2N3O3S2/c1-11-8-15-9-14(5-7-18(15)26(11)31(3,28)29)20(27)25-21-24-19(12(2)30-21)13-4-6-16(22)17(23)10-13/h4-7,9-11H,8H2,1-3H3,(H,24,25,27)/t11-/m1/s1. The van der Waals surface area contributed by atoms with Crippen LogP contribution in [-0.4, -0.2) is 31.6 Å². The van der Waals surface area contributed by atoms with E-state index >= 15 is 0 Å². The van der Waals surface area contributed by atoms with Gasteiger partial charge in [0, 0.05) is 22.0 Å². The molecule has 1 N–H and O–H groups in total. The molecule has 0 saturated heterocycles. The summed E-state index contributed by atoms with van der Waals surface area (Å²) in [6.07, 6.45) is 1.68. The van der Waals surface area contributed by atoms with Gasteiger partial charge in [0.2, 0.25) is 10.0 Å². The summed E-state index contributed by atoms with van der Waals surface area (Å²) in [4.78, 5) is 17.8. The van der Waals surface area contributed by atoms with Gasteiger partial charge in [0.05, 0.1) is 17.6 Å². The zero-order valence-corrected chi connectivity index (χ0v) is 18.6. The van der Waals surface area contributed by atoms with Gasteiger partial charge in [-0.15, -0.1) is 11.3 Å². The molecule has 162 valence electrons. The second-order valence-electron chi connectivity index (χ2n) is 7.46. The van der Waals surface area contributed by atoms with Crippen molar-refractivity contribution in [3.05, 3.63) is 64.0 Å². The Balaban J connectivity index is 1.57. The maximum atomic E-state index is 13.6. The second-order valence-corrected chi connectivity index (χ2v) is 10.5. The van der Waals surface area contributed by atoms with Crippen LogP contribution in [0.2, 0.25) is 0 Å². The molecule has 1 aliphatic rings. The summed E-state index contributed by atoms with van der Waals surface area (Å²) in [7, 11) is -3.41. The van der Waals surface area contributed by atoms with Gasteiger partial charge in [-0.1, -0.05) is 0 Å². The highest BCUT2D eigenvalue weighted by molar-refractivity contribution is 7.92. The van der Waals surface area contributed by atoms with Gasteiger partial charge in [0.15, 0.2) is 16.8 Å². The van der Waals surface area contributed by atoms with Gasteiger partial charge in [-0.05, 0) is 62.2 Å². The van der Waals surface area contributed by atoms with E-state index in [0.29, 0.717) is 34.1 Å². The lowest BCUT2D eigenvalue weighted by Gasteiger charge is -2.21. The molecular weight excluding hydrogens is 444 g/mol. The van der Waals surface area contributed by atoms with Crippen molar-refractivity contribution in [1.82, 2.24) is 4.98 Å². The van der Waals surface area contributed by atoms with E-state index in [9.17, 15) is 22.0 Å². The van der Waals surface area contributed by atoms with Crippen LogP contribution in [0.4, 0.5) is 19.6 Å². The molecule has 0 unspecified atom stereocenters. The van der Waals surface area contributed by atoms with Crippen LogP contribution in [0.3, 0.4) is 0 Å². The van der Waals surface area contributed by atoms with Gasteiger partial charge < -0.3 is 0 Å². The number of thiazole rings is 1. The van der Waals surface area contributed by atoms with E-state index in [4.69, 9.17) is 0 Å². The number of anilines is 2. The number of aromatic nitrogens is 1. The molecule has 10 heteroatoms. The van der Waals surface area contributed by atoms with Crippen LogP contribution < -0.4 is 9.62 Å². The number of nitrogens with one attached hydrogen (secondary N) is 1. The second kappa shape index (κ2) is 7.69. The number of carbonyl (C=O) groups excluding carboxylic acids is 1. The molecular formula is C21H19F2N3O3S2. The molecule has 1 amide bonds. The van der Waals surface area contributed by atoms with Crippen LogP contribution in [0.1, 0.15) is 27.7 Å². The Morgan fingerprint density at radius 2 is 1.94 bits per heavy atom. The van der Waals surface area contributed by atoms with E-state index in [2.05, 4.69) is 10.3 Å². The predicted molar refractivity (Wildman–Crippen MR) is 117 cm³/mol. The minimum absolute atomic E-state index is 0.219. The van der Waals surface area contributed by atoms with Crippen molar-refractivity contribution < 1.29 is 22.0 Å². The Kier molecular flexibility index (Phi) is 5.30. The van der Waals surface area contributed by atoms with Gasteiger partial charge in [-0.3, -0.25) is 14.4 Å². The third-order valence-electron chi connectivity index (χ3n) is 5.06. The minimum Gasteiger partial charge on any atom is -0.298 e. The van der Waals surface area contributed by atoms with Gasteiger partial charge in [0.25, 0.3) is 5.91 Å². The van der Waals surface area contributed by atoms with Crippen LogP contribution >= 0.6 is 11.3 Å². The lowest BCUT2D eigenvalue weighted by molar-refractivity contribution is 0.102. The maximum absolute atomic E-state index is 13.6. The van der Waals surface area contributed by atoms with E-state index in [0.717, 1.165) is 28.8 Å². The lowest BCUT2D eigenvalue weighted by Crippen LogP contribution is -2.34. The SMILES string of the molecule is Cc1sc(NC(=O)c2ccc3c(c2)C[C@@H](C)N3S(C)(=O)=O)nc1-c1ccc(F)c(F)c1. The summed E-state index contributed by atoms with van der Waals surface area (Å²) in [6, 6.07) is 8.20. The number of sulfonamides is 1. The fourth-order valence-corrected chi connectivity index (χ4v) is 5.87. The quantitative estimate of drug-likeness (QED) is 0.624. The van der Waals surface area contributed by atoms with Crippen molar-refractivity contribution in [1.29, 1.82) is 0 Å². The van der Waals surface area contributed by atoms with Crippen LogP contribution in [0, 0.1) is 18.6 Å². The Labute approximate surface area is 182 Å². The molecule has 6 nitrogen and oxygen atoms in total. The first-order chi connectivity index (χ1) is 14.5. The molecule has 31 heavy (non-hydrogen) atoms. The lowest BCUT2D eigenvalue weighted by atomic mass is 10.1. The number of hydrogen-bond acceptors (Lipinski definition) is 5. The number of nitrogens with zero attached hydrogens (tertiary/aromatic N) is 2. The molecule has 0 radical (unpaired) electrons. The Morgan fingerprint density at radius 3 is 2.61 bits per heavy atom. The first-order valence-electron chi connectivity index (χ1n) is 9.41. The predicted octanol–water partition coefficient (Wildman–Crippen LogP) is 4.36. The number of carbonyl (C=O) groups is 1. The molecule has 2 aromatic carbocycles. The van der Waals surface area contributed by atoms with Crippen LogP contribution in [0.25, 0.3) is 11.3 Å². The number of halogens is 2. The fraction of sp³-hybridized carbons (Fsp3) is 0.238. The van der Waals surface area contributed by atoms with Crippen molar-refractivity contribution in [3.63, 3.8) is 0 Å². The average molecular weight is 464 g/mol. The molecule has 1 aromatic heterocycles. The first-order valence-corrected chi connectivity index (χ1v) is 12.1. The van der Waals surface area contributed by atoms with E-state index < -0.39 is 21.7 Å². The molecule has 0 fully saturated rings. The zero-order chi connectivity index (χ0) is 22.5. The highest BCUT2D eigenvalue weighted by Gasteiger charge is 2.32. The van der Waals surface area contributed by atoms with Gasteiger partial charge in [-0.2, -0.15) is 0 Å². The van der Waals surface area contributed by atoms with Crippen molar-refractivity contribution in [2.24, 2.45) is 0 Å². The molecule has 0 spiro atoms. The highest BCUT2D eigenvalue weighted by Crippen LogP contribution is 2.35. The number of fused-ring (bicyclic) bond motifs is 1. The number of amides is 1. The van der Waals surface area contributed by atoms with Crippen molar-refractivity contribution in [2.45, 2.75) is 26.3 Å². The highest BCUT2D eigenvalue weighted by atomic mass is 32.2. The molecule has 0 aliphatic carbocycles. The number of rotatable bonds is 4. The van der Waals surface area contributed by atoms with Gasteiger partial charge >= 0.3 is 0 Å². The fourth-order valence-electron chi connectivity index (χ4n) is 3.78. The third kappa shape index (κ3) is 4.05. The maximum Gasteiger partial charge on any atom is 0.257 e. The molecule has 1 atom stereocenters. The molecule has 0 bridgehead atoms. The smallest absolute Gasteiger partial charge is 0.257 e. The average Bonchev–Trinajstić information content (AvgIpc) is 3.21.